The van der Waals surface area contributed by atoms with Gasteiger partial charge in [0.05, 0.1) is 4.92 Å². The van der Waals surface area contributed by atoms with Crippen LogP contribution >= 0.6 is 0 Å². The third-order valence-electron chi connectivity index (χ3n) is 2.97. The van der Waals surface area contributed by atoms with E-state index in [9.17, 15) is 19.7 Å². The molecule has 0 saturated heterocycles. The number of ether oxygens (including phenoxy) is 3. The van der Waals surface area contributed by atoms with Crippen LogP contribution in [0.5, 0.6) is 0 Å². The lowest BCUT2D eigenvalue weighted by Gasteiger charge is -2.19. The molecule has 0 spiro atoms. The summed E-state index contributed by atoms with van der Waals surface area (Å²) in [6, 6.07) is 0. The molecule has 1 unspecified atom stereocenters. The number of ketones is 1. The quantitative estimate of drug-likeness (QED) is 0.470. The van der Waals surface area contributed by atoms with Gasteiger partial charge in [0.15, 0.2) is 5.76 Å². The molecular formula is C12H11NO8. The predicted octanol–water partition coefficient (Wildman–Crippen LogP) is 1.55. The zero-order valence-corrected chi connectivity index (χ0v) is 10.9. The minimum absolute atomic E-state index is 0.0267. The van der Waals surface area contributed by atoms with Crippen molar-refractivity contribution in [3.63, 3.8) is 0 Å². The average Bonchev–Trinajstić information content (AvgIpc) is 2.87. The van der Waals surface area contributed by atoms with Crippen LogP contribution < -0.4 is 0 Å². The van der Waals surface area contributed by atoms with Crippen LogP contribution in [0.3, 0.4) is 0 Å². The van der Waals surface area contributed by atoms with Gasteiger partial charge in [-0.25, -0.2) is 4.79 Å². The lowest BCUT2D eigenvalue weighted by molar-refractivity contribution is -0.433. The lowest BCUT2D eigenvalue weighted by Crippen LogP contribution is -2.29. The van der Waals surface area contributed by atoms with Gasteiger partial charge in [-0.2, -0.15) is 0 Å². The molecule has 2 aliphatic rings. The molecule has 0 aromatic rings. The summed E-state index contributed by atoms with van der Waals surface area (Å²) < 4.78 is 14.3. The lowest BCUT2D eigenvalue weighted by atomic mass is 9.87. The molecule has 0 saturated carbocycles. The molecule has 9 heteroatoms. The smallest absolute Gasteiger partial charge is 0.462 e. The van der Waals surface area contributed by atoms with Gasteiger partial charge in [0.25, 0.3) is 5.70 Å². The van der Waals surface area contributed by atoms with Gasteiger partial charge in [0, 0.05) is 12.0 Å². The second-order valence-corrected chi connectivity index (χ2v) is 4.34. The maximum Gasteiger partial charge on any atom is 0.511 e. The van der Waals surface area contributed by atoms with E-state index in [4.69, 9.17) is 14.6 Å². The number of hydrogen-bond acceptors (Lipinski definition) is 7. The van der Waals surface area contributed by atoms with Gasteiger partial charge >= 0.3 is 6.16 Å². The van der Waals surface area contributed by atoms with E-state index < -0.39 is 28.5 Å². The molecule has 0 radical (unpaired) electrons. The van der Waals surface area contributed by atoms with Crippen molar-refractivity contribution in [1.82, 2.24) is 0 Å². The third-order valence-corrected chi connectivity index (χ3v) is 2.97. The molecule has 9 nitrogen and oxygen atoms in total. The van der Waals surface area contributed by atoms with Gasteiger partial charge in [-0.1, -0.05) is 0 Å². The molecule has 1 aliphatic carbocycles. The summed E-state index contributed by atoms with van der Waals surface area (Å²) in [6.07, 6.45) is 0.541. The number of hydrogen-bond donors (Lipinski definition) is 1. The van der Waals surface area contributed by atoms with Crippen LogP contribution in [0.15, 0.2) is 35.1 Å². The van der Waals surface area contributed by atoms with E-state index in [1.807, 2.05) is 0 Å². The van der Waals surface area contributed by atoms with E-state index in [2.05, 4.69) is 4.74 Å². The SMILES string of the molecule is CC1=C([N+](=O)[O-])C(CC2=COCO2)C(=O)C(OC(=O)O)=C1. The zero-order valence-electron chi connectivity index (χ0n) is 10.9. The fourth-order valence-electron chi connectivity index (χ4n) is 2.13. The molecule has 1 atom stereocenters. The van der Waals surface area contributed by atoms with Crippen molar-refractivity contribution in [3.8, 4) is 0 Å². The molecule has 0 aromatic heterocycles. The molecule has 1 heterocycles. The first-order valence-corrected chi connectivity index (χ1v) is 5.85. The second-order valence-electron chi connectivity index (χ2n) is 4.34. The van der Waals surface area contributed by atoms with Crippen LogP contribution in [0.2, 0.25) is 0 Å². The predicted molar refractivity (Wildman–Crippen MR) is 65.1 cm³/mol. The molecule has 0 bridgehead atoms. The van der Waals surface area contributed by atoms with Crippen molar-refractivity contribution in [2.24, 2.45) is 5.92 Å². The van der Waals surface area contributed by atoms with Crippen LogP contribution in [0.4, 0.5) is 4.79 Å². The van der Waals surface area contributed by atoms with Crippen molar-refractivity contribution < 1.29 is 33.8 Å². The van der Waals surface area contributed by atoms with Gasteiger partial charge in [-0.05, 0) is 13.0 Å². The van der Waals surface area contributed by atoms with Crippen LogP contribution in [-0.4, -0.2) is 28.8 Å². The summed E-state index contributed by atoms with van der Waals surface area (Å²) >= 11 is 0. The van der Waals surface area contributed by atoms with Gasteiger partial charge < -0.3 is 19.3 Å². The Labute approximate surface area is 118 Å². The summed E-state index contributed by atoms with van der Waals surface area (Å²) in [5.41, 5.74) is -0.158. The van der Waals surface area contributed by atoms with Gasteiger partial charge in [-0.15, -0.1) is 0 Å². The minimum atomic E-state index is -1.66. The minimum Gasteiger partial charge on any atom is -0.462 e. The number of carbonyl (C=O) groups excluding carboxylic acids is 1. The first kappa shape index (κ1) is 14.6. The molecule has 21 heavy (non-hydrogen) atoms. The maximum absolute atomic E-state index is 12.2. The first-order chi connectivity index (χ1) is 9.90. The molecule has 0 amide bonds. The average molecular weight is 297 g/mol. The highest BCUT2D eigenvalue weighted by molar-refractivity contribution is 6.00. The van der Waals surface area contributed by atoms with Crippen molar-refractivity contribution in [1.29, 1.82) is 0 Å². The Bertz CT molecular complexity index is 600. The van der Waals surface area contributed by atoms with Crippen LogP contribution in [-0.2, 0) is 19.0 Å². The van der Waals surface area contributed by atoms with E-state index >= 15 is 0 Å². The van der Waals surface area contributed by atoms with E-state index in [0.717, 1.165) is 6.08 Å². The van der Waals surface area contributed by atoms with Gasteiger partial charge in [-0.3, -0.25) is 14.9 Å². The molecule has 1 aliphatic heterocycles. The topological polar surface area (TPSA) is 125 Å². The number of rotatable bonds is 4. The van der Waals surface area contributed by atoms with Crippen molar-refractivity contribution in [2.75, 3.05) is 6.79 Å². The van der Waals surface area contributed by atoms with Crippen LogP contribution in [0.25, 0.3) is 0 Å². The van der Waals surface area contributed by atoms with Crippen LogP contribution in [0, 0.1) is 16.0 Å². The monoisotopic (exact) mass is 297 g/mol. The second kappa shape index (κ2) is 5.65. The highest BCUT2D eigenvalue weighted by Gasteiger charge is 2.41. The first-order valence-electron chi connectivity index (χ1n) is 5.85. The Kier molecular flexibility index (Phi) is 3.92. The van der Waals surface area contributed by atoms with Crippen molar-refractivity contribution >= 4 is 11.9 Å². The summed E-state index contributed by atoms with van der Waals surface area (Å²) in [4.78, 5) is 33.2. The van der Waals surface area contributed by atoms with E-state index in [0.29, 0.717) is 0 Å². The third kappa shape index (κ3) is 3.02. The molecule has 1 N–H and O–H groups in total. The number of nitro groups is 1. The fraction of sp³-hybridized carbons (Fsp3) is 0.333. The van der Waals surface area contributed by atoms with E-state index in [1.165, 1.54) is 13.2 Å². The van der Waals surface area contributed by atoms with Crippen molar-refractivity contribution in [3.05, 3.63) is 45.2 Å². The Morgan fingerprint density at radius 1 is 1.62 bits per heavy atom. The zero-order chi connectivity index (χ0) is 15.6. The van der Waals surface area contributed by atoms with E-state index in [1.54, 1.807) is 0 Å². The Balaban J connectivity index is 2.35. The number of allylic oxidation sites excluding steroid dienone is 5. The molecular weight excluding hydrogens is 286 g/mol. The fourth-order valence-corrected chi connectivity index (χ4v) is 2.13. The summed E-state index contributed by atoms with van der Waals surface area (Å²) in [5, 5.41) is 19.7. The Morgan fingerprint density at radius 3 is 2.86 bits per heavy atom. The number of nitrogens with zero attached hydrogens (tertiary/aromatic N) is 1. The summed E-state index contributed by atoms with van der Waals surface area (Å²) in [7, 11) is 0. The Morgan fingerprint density at radius 2 is 2.33 bits per heavy atom. The largest absolute Gasteiger partial charge is 0.511 e. The molecule has 112 valence electrons. The van der Waals surface area contributed by atoms with E-state index in [-0.39, 0.29) is 30.2 Å². The summed E-state index contributed by atoms with van der Waals surface area (Å²) in [6.45, 7) is 1.38. The molecule has 0 aromatic carbocycles. The number of carboxylic acid groups (broad SMARTS) is 1. The summed E-state index contributed by atoms with van der Waals surface area (Å²) in [5.74, 6) is -2.15. The Hall–Kier alpha value is -2.84. The van der Waals surface area contributed by atoms with Crippen LogP contribution in [0.1, 0.15) is 13.3 Å². The maximum atomic E-state index is 12.2. The number of Topliss-reactive ketones (excluding diaryl/α,β-unsaturated/α-hetero) is 1. The standard InChI is InChI=1S/C12H11NO8/c1-6-2-9(21-12(15)16)11(14)8(10(6)13(17)18)3-7-4-19-5-20-7/h2,4,8H,3,5H2,1H3,(H,15,16). The van der Waals surface area contributed by atoms with Crippen molar-refractivity contribution in [2.45, 2.75) is 13.3 Å². The molecule has 2 rings (SSSR count). The highest BCUT2D eigenvalue weighted by atomic mass is 16.7. The van der Waals surface area contributed by atoms with Gasteiger partial charge in [0.1, 0.15) is 17.9 Å². The van der Waals surface area contributed by atoms with Gasteiger partial charge in [0.2, 0.25) is 12.6 Å². The molecule has 0 fully saturated rings. The number of carbonyl (C=O) groups is 2. The normalized spacial score (nSPS) is 21.2. The highest BCUT2D eigenvalue weighted by Crippen LogP contribution is 2.33.